The lowest BCUT2D eigenvalue weighted by Gasteiger charge is -2.20. The number of halogens is 1. The van der Waals surface area contributed by atoms with Crippen molar-refractivity contribution in [3.63, 3.8) is 0 Å². The first-order valence-electron chi connectivity index (χ1n) is 9.30. The molecule has 2 aromatic carbocycles. The fraction of sp³-hybridized carbons (Fsp3) is 0.0952. The quantitative estimate of drug-likeness (QED) is 0.479. The molecule has 0 saturated heterocycles. The summed E-state index contributed by atoms with van der Waals surface area (Å²) in [6.45, 7) is 1.86. The van der Waals surface area contributed by atoms with Gasteiger partial charge in [0.25, 0.3) is 5.56 Å². The largest absolute Gasteiger partial charge is 0.358 e. The van der Waals surface area contributed by atoms with E-state index in [0.717, 1.165) is 0 Å². The van der Waals surface area contributed by atoms with Gasteiger partial charge in [-0.3, -0.25) is 9.36 Å². The molecule has 9 heteroatoms. The van der Waals surface area contributed by atoms with Crippen LogP contribution in [0.2, 0.25) is 0 Å². The highest BCUT2D eigenvalue weighted by molar-refractivity contribution is 5.82. The summed E-state index contributed by atoms with van der Waals surface area (Å²) >= 11 is 0. The van der Waals surface area contributed by atoms with E-state index in [1.165, 1.54) is 29.4 Å². The number of hydrogen-bond donors (Lipinski definition) is 2. The summed E-state index contributed by atoms with van der Waals surface area (Å²) in [5, 5.41) is 3.22. The van der Waals surface area contributed by atoms with E-state index >= 15 is 0 Å². The lowest BCUT2D eigenvalue weighted by atomic mass is 10.2. The number of aromatic amines is 1. The summed E-state index contributed by atoms with van der Waals surface area (Å²) in [6, 6.07) is 13.0. The third kappa shape index (κ3) is 2.87. The number of benzene rings is 2. The molecule has 0 unspecified atom stereocenters. The average Bonchev–Trinajstić information content (AvgIpc) is 3.24. The van der Waals surface area contributed by atoms with E-state index in [1.54, 1.807) is 18.2 Å². The van der Waals surface area contributed by atoms with Crippen molar-refractivity contribution in [1.29, 1.82) is 0 Å². The fourth-order valence-corrected chi connectivity index (χ4v) is 3.47. The molecule has 3 heterocycles. The van der Waals surface area contributed by atoms with E-state index in [2.05, 4.69) is 30.2 Å². The van der Waals surface area contributed by atoms with Crippen molar-refractivity contribution in [3.8, 4) is 5.69 Å². The molecule has 0 spiro atoms. The molecule has 1 atom stereocenters. The number of hydrogen-bond acceptors (Lipinski definition) is 6. The fourth-order valence-electron chi connectivity index (χ4n) is 3.47. The third-order valence-corrected chi connectivity index (χ3v) is 4.85. The molecule has 5 aromatic rings. The summed E-state index contributed by atoms with van der Waals surface area (Å²) in [7, 11) is 0. The van der Waals surface area contributed by atoms with E-state index in [-0.39, 0.29) is 5.39 Å². The number of anilines is 1. The molecule has 0 saturated carbocycles. The molecule has 0 aliphatic carbocycles. The normalized spacial score (nSPS) is 12.3. The van der Waals surface area contributed by atoms with Crippen LogP contribution in [-0.2, 0) is 0 Å². The molecular formula is C21H16FN7O. The number of nitrogens with one attached hydrogen (secondary N) is 2. The van der Waals surface area contributed by atoms with E-state index in [4.69, 9.17) is 0 Å². The second-order valence-electron chi connectivity index (χ2n) is 6.77. The summed E-state index contributed by atoms with van der Waals surface area (Å²) < 4.78 is 15.9. The smallest absolute Gasteiger partial charge is 0.269 e. The highest BCUT2D eigenvalue weighted by Gasteiger charge is 2.21. The minimum Gasteiger partial charge on any atom is -0.358 e. The van der Waals surface area contributed by atoms with Crippen molar-refractivity contribution in [2.24, 2.45) is 0 Å². The average molecular weight is 401 g/mol. The molecule has 0 fully saturated rings. The van der Waals surface area contributed by atoms with Crippen LogP contribution in [0.4, 0.5) is 10.2 Å². The Morgan fingerprint density at radius 3 is 2.73 bits per heavy atom. The first-order valence-corrected chi connectivity index (χ1v) is 9.30. The lowest BCUT2D eigenvalue weighted by molar-refractivity contribution is 0.635. The van der Waals surface area contributed by atoms with Gasteiger partial charge in [0.2, 0.25) is 0 Å². The van der Waals surface area contributed by atoms with Crippen molar-refractivity contribution in [2.75, 3.05) is 5.32 Å². The Hall–Kier alpha value is -4.14. The van der Waals surface area contributed by atoms with E-state index in [9.17, 15) is 9.18 Å². The van der Waals surface area contributed by atoms with Crippen LogP contribution >= 0.6 is 0 Å². The van der Waals surface area contributed by atoms with Gasteiger partial charge in [-0.05, 0) is 31.2 Å². The maximum atomic E-state index is 14.5. The SMILES string of the molecule is C[C@@H](Nc1ncnc2nc[nH]c12)c1nc2cccc(F)c2c(=O)n1-c1ccccc1. The predicted octanol–water partition coefficient (Wildman–Crippen LogP) is 3.36. The second kappa shape index (κ2) is 7.03. The standard InChI is InChI=1S/C21H16FN7O/c1-12(27-19-17-18(24-10-23-17)25-11-26-19)20-28-15-9-5-8-14(22)16(15)21(30)29(20)13-6-3-2-4-7-13/h2-12H,1H3,(H2,23,24,25,26,27)/t12-/m1/s1. The number of aromatic nitrogens is 6. The zero-order valence-electron chi connectivity index (χ0n) is 15.9. The summed E-state index contributed by atoms with van der Waals surface area (Å²) in [5.74, 6) is 0.352. The number of para-hydroxylation sites is 1. The van der Waals surface area contributed by atoms with Gasteiger partial charge in [0.1, 0.15) is 28.9 Å². The predicted molar refractivity (Wildman–Crippen MR) is 111 cm³/mol. The van der Waals surface area contributed by atoms with Crippen LogP contribution in [0.5, 0.6) is 0 Å². The van der Waals surface area contributed by atoms with Crippen LogP contribution in [0.3, 0.4) is 0 Å². The Bertz CT molecular complexity index is 1430. The van der Waals surface area contributed by atoms with Crippen LogP contribution in [0.1, 0.15) is 18.8 Å². The Kier molecular flexibility index (Phi) is 4.20. The number of imidazole rings is 1. The zero-order chi connectivity index (χ0) is 20.7. The van der Waals surface area contributed by atoms with Gasteiger partial charge in [-0.1, -0.05) is 24.3 Å². The van der Waals surface area contributed by atoms with Crippen LogP contribution in [0.25, 0.3) is 27.8 Å². The van der Waals surface area contributed by atoms with Gasteiger partial charge in [0.15, 0.2) is 11.5 Å². The molecule has 3 aromatic heterocycles. The van der Waals surface area contributed by atoms with E-state index in [0.29, 0.717) is 34.0 Å². The Balaban J connectivity index is 1.71. The maximum Gasteiger partial charge on any atom is 0.269 e. The van der Waals surface area contributed by atoms with E-state index < -0.39 is 17.4 Å². The molecule has 148 valence electrons. The van der Waals surface area contributed by atoms with Crippen molar-refractivity contribution >= 4 is 27.9 Å². The van der Waals surface area contributed by atoms with Crippen molar-refractivity contribution < 1.29 is 4.39 Å². The molecule has 30 heavy (non-hydrogen) atoms. The Morgan fingerprint density at radius 2 is 1.90 bits per heavy atom. The van der Waals surface area contributed by atoms with Crippen LogP contribution in [-0.4, -0.2) is 29.5 Å². The molecular weight excluding hydrogens is 385 g/mol. The highest BCUT2D eigenvalue weighted by atomic mass is 19.1. The molecule has 0 amide bonds. The maximum absolute atomic E-state index is 14.5. The van der Waals surface area contributed by atoms with Gasteiger partial charge >= 0.3 is 0 Å². The highest BCUT2D eigenvalue weighted by Crippen LogP contribution is 2.24. The number of fused-ring (bicyclic) bond motifs is 2. The molecule has 0 aliphatic heterocycles. The van der Waals surface area contributed by atoms with Crippen LogP contribution in [0, 0.1) is 5.82 Å². The van der Waals surface area contributed by atoms with Crippen molar-refractivity contribution in [3.05, 3.63) is 83.2 Å². The number of H-pyrrole nitrogens is 1. The first kappa shape index (κ1) is 17.9. The molecule has 0 radical (unpaired) electrons. The molecule has 0 bridgehead atoms. The monoisotopic (exact) mass is 401 g/mol. The molecule has 0 aliphatic rings. The molecule has 2 N–H and O–H groups in total. The number of nitrogens with zero attached hydrogens (tertiary/aromatic N) is 5. The second-order valence-corrected chi connectivity index (χ2v) is 6.77. The van der Waals surface area contributed by atoms with E-state index in [1.807, 2.05) is 25.1 Å². The van der Waals surface area contributed by atoms with Crippen LogP contribution < -0.4 is 10.9 Å². The third-order valence-electron chi connectivity index (χ3n) is 4.85. The minimum atomic E-state index is -0.600. The Labute approximate surface area is 169 Å². The molecule has 5 rings (SSSR count). The summed E-state index contributed by atoms with van der Waals surface area (Å²) in [6.07, 6.45) is 2.94. The topological polar surface area (TPSA) is 101 Å². The van der Waals surface area contributed by atoms with Crippen molar-refractivity contribution in [2.45, 2.75) is 13.0 Å². The summed E-state index contributed by atoms with van der Waals surface area (Å²) in [4.78, 5) is 33.5. The minimum absolute atomic E-state index is 0.0460. The first-order chi connectivity index (χ1) is 14.6. The van der Waals surface area contributed by atoms with Gasteiger partial charge in [0.05, 0.1) is 23.6 Å². The zero-order valence-corrected chi connectivity index (χ0v) is 15.9. The van der Waals surface area contributed by atoms with Crippen LogP contribution in [0.15, 0.2) is 66.0 Å². The number of rotatable bonds is 4. The van der Waals surface area contributed by atoms with Crippen molar-refractivity contribution in [1.82, 2.24) is 29.5 Å². The van der Waals surface area contributed by atoms with Gasteiger partial charge in [-0.2, -0.15) is 0 Å². The Morgan fingerprint density at radius 1 is 1.07 bits per heavy atom. The lowest BCUT2D eigenvalue weighted by Crippen LogP contribution is -2.28. The van der Waals surface area contributed by atoms with Gasteiger partial charge < -0.3 is 10.3 Å². The van der Waals surface area contributed by atoms with Gasteiger partial charge in [0, 0.05) is 0 Å². The molecule has 8 nitrogen and oxygen atoms in total. The van der Waals surface area contributed by atoms with Gasteiger partial charge in [-0.15, -0.1) is 0 Å². The van der Waals surface area contributed by atoms with Gasteiger partial charge in [-0.25, -0.2) is 24.3 Å². The summed E-state index contributed by atoms with van der Waals surface area (Å²) in [5.41, 5.74) is 1.59.